The largest absolute Gasteiger partial charge is 0.495 e. The predicted molar refractivity (Wildman–Crippen MR) is 98.7 cm³/mol. The number of halogens is 1. The lowest BCUT2D eigenvalue weighted by molar-refractivity contribution is -0.153. The van der Waals surface area contributed by atoms with Crippen LogP contribution in [0.4, 0.5) is 5.69 Å². The van der Waals surface area contributed by atoms with E-state index in [1.165, 1.54) is 14.0 Å². The van der Waals surface area contributed by atoms with Crippen LogP contribution in [0.25, 0.3) is 0 Å². The fourth-order valence-corrected chi connectivity index (χ4v) is 2.26. The van der Waals surface area contributed by atoms with Gasteiger partial charge < -0.3 is 19.5 Å². The Kier molecular flexibility index (Phi) is 7.29. The van der Waals surface area contributed by atoms with Gasteiger partial charge in [-0.15, -0.1) is 0 Å². The van der Waals surface area contributed by atoms with Gasteiger partial charge in [-0.1, -0.05) is 29.8 Å². The van der Waals surface area contributed by atoms with E-state index in [9.17, 15) is 9.59 Å². The molecule has 1 atom stereocenters. The van der Waals surface area contributed by atoms with Gasteiger partial charge >= 0.3 is 5.97 Å². The third-order valence-corrected chi connectivity index (χ3v) is 3.65. The van der Waals surface area contributed by atoms with Gasteiger partial charge in [-0.3, -0.25) is 9.59 Å². The van der Waals surface area contributed by atoms with Gasteiger partial charge in [0.25, 0.3) is 5.91 Å². The minimum atomic E-state index is -0.970. The lowest BCUT2D eigenvalue weighted by Crippen LogP contribution is -2.30. The molecule has 7 heteroatoms. The molecule has 2 rings (SSSR count). The molecule has 1 amide bonds. The summed E-state index contributed by atoms with van der Waals surface area (Å²) >= 11 is 5.92. The van der Waals surface area contributed by atoms with E-state index >= 15 is 0 Å². The van der Waals surface area contributed by atoms with Gasteiger partial charge in [0, 0.05) is 5.02 Å². The van der Waals surface area contributed by atoms with Crippen molar-refractivity contribution in [3.63, 3.8) is 0 Å². The molecule has 0 aliphatic heterocycles. The van der Waals surface area contributed by atoms with Gasteiger partial charge in [-0.25, -0.2) is 0 Å². The number of para-hydroxylation sites is 1. The Bertz CT molecular complexity index is 751. The summed E-state index contributed by atoms with van der Waals surface area (Å²) in [5.41, 5.74) is 0.403. The van der Waals surface area contributed by atoms with Crippen molar-refractivity contribution in [2.24, 2.45) is 0 Å². The second-order valence-electron chi connectivity index (χ2n) is 5.38. The van der Waals surface area contributed by atoms with Crippen LogP contribution in [0.2, 0.25) is 5.02 Å². The summed E-state index contributed by atoms with van der Waals surface area (Å²) in [4.78, 5) is 24.1. The highest BCUT2D eigenvalue weighted by Crippen LogP contribution is 2.27. The number of ether oxygens (including phenoxy) is 3. The maximum absolute atomic E-state index is 12.2. The molecule has 26 heavy (non-hydrogen) atoms. The number of esters is 1. The number of amides is 1. The van der Waals surface area contributed by atoms with Crippen molar-refractivity contribution in [1.82, 2.24) is 0 Å². The molecule has 0 fully saturated rings. The molecule has 0 spiro atoms. The molecule has 138 valence electrons. The lowest BCUT2D eigenvalue weighted by atomic mass is 10.2. The Morgan fingerprint density at radius 2 is 1.88 bits per heavy atom. The van der Waals surface area contributed by atoms with Crippen molar-refractivity contribution < 1.29 is 23.8 Å². The summed E-state index contributed by atoms with van der Waals surface area (Å²) < 4.78 is 15.7. The summed E-state index contributed by atoms with van der Waals surface area (Å²) in [6, 6.07) is 14.0. The van der Waals surface area contributed by atoms with E-state index in [-0.39, 0.29) is 13.0 Å². The maximum Gasteiger partial charge on any atom is 0.310 e. The number of methoxy groups -OCH3 is 1. The number of hydrogen-bond donors (Lipinski definition) is 1. The summed E-state index contributed by atoms with van der Waals surface area (Å²) in [5, 5.41) is 3.08. The van der Waals surface area contributed by atoms with Crippen LogP contribution in [-0.2, 0) is 14.3 Å². The molecule has 0 heterocycles. The maximum atomic E-state index is 12.2. The molecule has 0 saturated heterocycles. The Hall–Kier alpha value is -2.73. The standard InChI is InChI=1S/C19H20ClNO5/c1-13(19(23)21-16-12-14(20)8-9-17(16)24-2)26-18(22)10-11-25-15-6-4-3-5-7-15/h3-9,12-13H,10-11H2,1-2H3,(H,21,23)/t13-/m1/s1. The van der Waals surface area contributed by atoms with E-state index in [1.807, 2.05) is 18.2 Å². The van der Waals surface area contributed by atoms with Crippen LogP contribution >= 0.6 is 11.6 Å². The first-order chi connectivity index (χ1) is 12.5. The normalized spacial score (nSPS) is 11.3. The first-order valence-corrected chi connectivity index (χ1v) is 8.39. The number of rotatable bonds is 8. The van der Waals surface area contributed by atoms with Crippen LogP contribution in [0.1, 0.15) is 13.3 Å². The van der Waals surface area contributed by atoms with Crippen molar-refractivity contribution in [3.05, 3.63) is 53.6 Å². The molecule has 0 unspecified atom stereocenters. The summed E-state index contributed by atoms with van der Waals surface area (Å²) in [6.07, 6.45) is -0.935. The fourth-order valence-electron chi connectivity index (χ4n) is 2.09. The minimum Gasteiger partial charge on any atom is -0.495 e. The second kappa shape index (κ2) is 9.68. The molecule has 0 aliphatic carbocycles. The van der Waals surface area contributed by atoms with Crippen molar-refractivity contribution in [2.45, 2.75) is 19.4 Å². The first kappa shape index (κ1) is 19.6. The van der Waals surface area contributed by atoms with Gasteiger partial charge in [0.15, 0.2) is 6.10 Å². The van der Waals surface area contributed by atoms with E-state index in [2.05, 4.69) is 5.32 Å². The average Bonchev–Trinajstić information content (AvgIpc) is 2.62. The van der Waals surface area contributed by atoms with E-state index in [4.69, 9.17) is 25.8 Å². The summed E-state index contributed by atoms with van der Waals surface area (Å²) in [6.45, 7) is 1.65. The van der Waals surface area contributed by atoms with Crippen LogP contribution < -0.4 is 14.8 Å². The molecule has 6 nitrogen and oxygen atoms in total. The molecule has 2 aromatic carbocycles. The van der Waals surface area contributed by atoms with Gasteiger partial charge in [-0.05, 0) is 37.3 Å². The Morgan fingerprint density at radius 3 is 2.58 bits per heavy atom. The molecule has 0 radical (unpaired) electrons. The van der Waals surface area contributed by atoms with Crippen molar-refractivity contribution in [1.29, 1.82) is 0 Å². The zero-order valence-electron chi connectivity index (χ0n) is 14.5. The number of carbonyl (C=O) groups excluding carboxylic acids is 2. The number of nitrogens with one attached hydrogen (secondary N) is 1. The van der Waals surface area contributed by atoms with E-state index in [0.717, 1.165) is 0 Å². The summed E-state index contributed by atoms with van der Waals surface area (Å²) in [5.74, 6) is 0.112. The minimum absolute atomic E-state index is 0.0347. The van der Waals surface area contributed by atoms with Crippen molar-refractivity contribution >= 4 is 29.2 Å². The molecule has 0 bridgehead atoms. The third-order valence-electron chi connectivity index (χ3n) is 3.41. The molecule has 0 aliphatic rings. The SMILES string of the molecule is COc1ccc(Cl)cc1NC(=O)[C@@H](C)OC(=O)CCOc1ccccc1. The highest BCUT2D eigenvalue weighted by atomic mass is 35.5. The van der Waals surface area contributed by atoms with E-state index < -0.39 is 18.0 Å². The number of carbonyl (C=O) groups is 2. The van der Waals surface area contributed by atoms with Crippen molar-refractivity contribution in [3.8, 4) is 11.5 Å². The summed E-state index contributed by atoms with van der Waals surface area (Å²) in [7, 11) is 1.48. The zero-order chi connectivity index (χ0) is 18.9. The molecule has 1 N–H and O–H groups in total. The van der Waals surface area contributed by atoms with Crippen LogP contribution in [0.15, 0.2) is 48.5 Å². The Balaban J connectivity index is 1.81. The van der Waals surface area contributed by atoms with E-state index in [0.29, 0.717) is 22.2 Å². The lowest BCUT2D eigenvalue weighted by Gasteiger charge is -2.15. The fraction of sp³-hybridized carbons (Fsp3) is 0.263. The molecule has 2 aromatic rings. The Labute approximate surface area is 157 Å². The predicted octanol–water partition coefficient (Wildman–Crippen LogP) is 3.69. The van der Waals surface area contributed by atoms with Gasteiger partial charge in [0.1, 0.15) is 11.5 Å². The number of hydrogen-bond acceptors (Lipinski definition) is 5. The molecular formula is C19H20ClNO5. The topological polar surface area (TPSA) is 73.9 Å². The highest BCUT2D eigenvalue weighted by molar-refractivity contribution is 6.31. The van der Waals surface area contributed by atoms with Crippen LogP contribution in [-0.4, -0.2) is 31.7 Å². The van der Waals surface area contributed by atoms with Crippen LogP contribution in [0.5, 0.6) is 11.5 Å². The van der Waals surface area contributed by atoms with Crippen molar-refractivity contribution in [2.75, 3.05) is 19.0 Å². The number of benzene rings is 2. The first-order valence-electron chi connectivity index (χ1n) is 8.01. The molecule has 0 aromatic heterocycles. The second-order valence-corrected chi connectivity index (χ2v) is 5.81. The molecule has 0 saturated carbocycles. The highest BCUT2D eigenvalue weighted by Gasteiger charge is 2.19. The van der Waals surface area contributed by atoms with Gasteiger partial charge in [-0.2, -0.15) is 0 Å². The van der Waals surface area contributed by atoms with Crippen LogP contribution in [0, 0.1) is 0 Å². The van der Waals surface area contributed by atoms with E-state index in [1.54, 1.807) is 30.3 Å². The Morgan fingerprint density at radius 1 is 1.15 bits per heavy atom. The molecular weight excluding hydrogens is 358 g/mol. The monoisotopic (exact) mass is 377 g/mol. The average molecular weight is 378 g/mol. The quantitative estimate of drug-likeness (QED) is 0.710. The van der Waals surface area contributed by atoms with Gasteiger partial charge in [0.2, 0.25) is 0 Å². The zero-order valence-corrected chi connectivity index (χ0v) is 15.3. The van der Waals surface area contributed by atoms with Gasteiger partial charge in [0.05, 0.1) is 25.8 Å². The third kappa shape index (κ3) is 5.97. The smallest absolute Gasteiger partial charge is 0.310 e. The number of anilines is 1. The van der Waals surface area contributed by atoms with Crippen LogP contribution in [0.3, 0.4) is 0 Å².